The number of aryl methyl sites for hydroxylation is 2. The van der Waals surface area contributed by atoms with E-state index in [2.05, 4.69) is 45.9 Å². The van der Waals surface area contributed by atoms with E-state index in [4.69, 9.17) is 22.9 Å². The summed E-state index contributed by atoms with van der Waals surface area (Å²) in [5.41, 5.74) is 2.65. The lowest BCUT2D eigenvalue weighted by atomic mass is 10.0. The molecule has 2 N–H and O–H groups in total. The van der Waals surface area contributed by atoms with Gasteiger partial charge in [-0.05, 0) is 82.8 Å². The monoisotopic (exact) mass is 917 g/mol. The number of phosphoric ester groups is 1. The van der Waals surface area contributed by atoms with Crippen molar-refractivity contribution in [2.75, 3.05) is 47.5 Å². The first-order valence-electron chi connectivity index (χ1n) is 24.1. The minimum Gasteiger partial charge on any atom is -0.466 e. The Morgan fingerprint density at radius 2 is 1.27 bits per heavy atom. The maximum absolute atomic E-state index is 12.7. The highest BCUT2D eigenvalue weighted by Gasteiger charge is 2.27. The number of esters is 2. The Morgan fingerprint density at radius 3 is 1.91 bits per heavy atom. The highest BCUT2D eigenvalue weighted by atomic mass is 31.2. The molecule has 2 unspecified atom stereocenters. The maximum Gasteiger partial charge on any atom is 0.472 e. The summed E-state index contributed by atoms with van der Waals surface area (Å²) in [5, 5.41) is 10.0. The van der Waals surface area contributed by atoms with Crippen LogP contribution in [0, 0.1) is 13.8 Å². The van der Waals surface area contributed by atoms with E-state index in [9.17, 15) is 24.2 Å². The number of nitrogens with zero attached hydrogens (tertiary/aromatic N) is 1. The van der Waals surface area contributed by atoms with Crippen molar-refractivity contribution in [2.45, 2.75) is 175 Å². The normalized spacial score (nSPS) is 14.6. The fraction of sp³-hybridized carbons (Fsp3) is 0.654. The molecule has 11 nitrogen and oxygen atoms in total. The van der Waals surface area contributed by atoms with Crippen LogP contribution in [-0.2, 0) is 45.5 Å². The van der Waals surface area contributed by atoms with Crippen LogP contribution < -0.4 is 0 Å². The van der Waals surface area contributed by atoms with Crippen molar-refractivity contribution < 1.29 is 51.6 Å². The first-order valence-corrected chi connectivity index (χ1v) is 25.6. The summed E-state index contributed by atoms with van der Waals surface area (Å²) in [6, 6.07) is 0. The van der Waals surface area contributed by atoms with Gasteiger partial charge in [0.05, 0.1) is 33.9 Å². The molecule has 0 aliphatic carbocycles. The Labute approximate surface area is 387 Å². The Bertz CT molecular complexity index is 1620. The molecule has 0 spiro atoms. The smallest absolute Gasteiger partial charge is 0.466 e. The van der Waals surface area contributed by atoms with Gasteiger partial charge in [-0.3, -0.25) is 18.6 Å². The van der Waals surface area contributed by atoms with Crippen molar-refractivity contribution in [3.63, 3.8) is 0 Å². The van der Waals surface area contributed by atoms with Crippen molar-refractivity contribution in [1.29, 1.82) is 0 Å². The van der Waals surface area contributed by atoms with Crippen molar-refractivity contribution in [3.8, 4) is 0 Å². The second-order valence-electron chi connectivity index (χ2n) is 17.5. The van der Waals surface area contributed by atoms with E-state index < -0.39 is 38.6 Å². The molecule has 0 aliphatic heterocycles. The van der Waals surface area contributed by atoms with Crippen LogP contribution in [-0.4, -0.2) is 86.1 Å². The Morgan fingerprint density at radius 1 is 0.688 bits per heavy atom. The van der Waals surface area contributed by atoms with Crippen LogP contribution in [0.1, 0.15) is 158 Å². The number of rotatable bonds is 39. The first-order chi connectivity index (χ1) is 30.7. The zero-order valence-corrected chi connectivity index (χ0v) is 41.7. The number of ether oxygens (including phenoxy) is 2. The van der Waals surface area contributed by atoms with Gasteiger partial charge in [0.15, 0.2) is 6.10 Å². The molecule has 0 bridgehead atoms. The lowest BCUT2D eigenvalue weighted by Gasteiger charge is -2.24. The minimum atomic E-state index is -4.43. The summed E-state index contributed by atoms with van der Waals surface area (Å²) >= 11 is 0. The summed E-state index contributed by atoms with van der Waals surface area (Å²) < 4.78 is 40.5. The molecule has 1 aromatic rings. The fourth-order valence-electron chi connectivity index (χ4n) is 6.48. The molecule has 364 valence electrons. The van der Waals surface area contributed by atoms with Gasteiger partial charge in [0.1, 0.15) is 31.3 Å². The van der Waals surface area contributed by atoms with E-state index in [1.165, 1.54) is 49.0 Å². The molecule has 0 amide bonds. The van der Waals surface area contributed by atoms with Gasteiger partial charge in [-0.2, -0.15) is 0 Å². The number of carbonyl (C=O) groups excluding carboxylic acids is 2. The van der Waals surface area contributed by atoms with Crippen LogP contribution in [0.4, 0.5) is 0 Å². The quantitative estimate of drug-likeness (QED) is 0.0164. The van der Waals surface area contributed by atoms with Crippen molar-refractivity contribution in [1.82, 2.24) is 0 Å². The highest BCUT2D eigenvalue weighted by Crippen LogP contribution is 2.43. The number of aliphatic hydroxyl groups is 1. The van der Waals surface area contributed by atoms with Crippen LogP contribution in [0.15, 0.2) is 77.3 Å². The number of phosphoric acid groups is 1. The Kier molecular flexibility index (Phi) is 33.8. The van der Waals surface area contributed by atoms with Gasteiger partial charge in [-0.25, -0.2) is 4.57 Å². The fourth-order valence-corrected chi connectivity index (χ4v) is 7.22. The first kappa shape index (κ1) is 58.7. The third kappa shape index (κ3) is 33.2. The summed E-state index contributed by atoms with van der Waals surface area (Å²) in [7, 11) is 1.37. The van der Waals surface area contributed by atoms with Gasteiger partial charge in [-0.1, -0.05) is 138 Å². The Balaban J connectivity index is 2.41. The van der Waals surface area contributed by atoms with Gasteiger partial charge in [-0.15, -0.1) is 0 Å². The van der Waals surface area contributed by atoms with Crippen LogP contribution in [0.25, 0.3) is 0 Å². The number of allylic oxidation sites excluding steroid dienone is 10. The molecular formula is C52H87NO10P+. The van der Waals surface area contributed by atoms with E-state index >= 15 is 0 Å². The third-order valence-corrected chi connectivity index (χ3v) is 11.5. The molecule has 0 saturated heterocycles. The van der Waals surface area contributed by atoms with Crippen LogP contribution in [0.3, 0.4) is 0 Å². The second kappa shape index (κ2) is 36.9. The predicted octanol–water partition coefficient (Wildman–Crippen LogP) is 12.4. The molecule has 64 heavy (non-hydrogen) atoms. The average Bonchev–Trinajstić information content (AvgIpc) is 3.51. The number of quaternary nitrogens is 1. The summed E-state index contributed by atoms with van der Waals surface area (Å²) in [5.74, 6) is 1.37. The summed E-state index contributed by atoms with van der Waals surface area (Å²) in [4.78, 5) is 35.6. The number of carbonyl (C=O) groups is 2. The molecular weight excluding hydrogens is 830 g/mol. The molecule has 0 aliphatic rings. The van der Waals surface area contributed by atoms with E-state index in [1.54, 1.807) is 6.08 Å². The molecule has 12 heteroatoms. The molecule has 0 aromatic carbocycles. The van der Waals surface area contributed by atoms with Gasteiger partial charge < -0.3 is 28.4 Å². The standard InChI is InChI=1S/C52H86NO10P/c1-8-10-12-13-24-30-35-47(54)36-31-25-20-16-14-15-17-23-28-34-40-52(56)62-48(44-61-64(57,58)60-42-41-53(5,6)7)43-59-51(55)39-33-27-22-19-18-21-26-32-38-50-46(4)45(3)49(63-50)37-29-11-9-2/h10,12,14-15,20,23-25,28,30-31,36,47-48,54H,8-9,11,13,16-19,21-22,26-27,29,32-35,37-44H2,1-7H3/p+1/b12-10-,15-14-,25-20-,28-23-,30-24-,36-31+/t47?,48-/m1/s1. The number of likely N-dealkylation sites (N-methyl/N-ethyl adjacent to an activating group) is 1. The van der Waals surface area contributed by atoms with Gasteiger partial charge in [0.25, 0.3) is 0 Å². The SMILES string of the molecule is CC/C=C\C/C=C\CC(O)/C=C/C=C\C/C=C\C/C=C\CCC(=O)O[C@H](COC(=O)CCCCCCCCCCc1oc(CCCCC)c(C)c1C)COP(=O)(O)OCC[N+](C)(C)C. The average molecular weight is 917 g/mol. The lowest BCUT2D eigenvalue weighted by molar-refractivity contribution is -0.870. The molecule has 1 heterocycles. The van der Waals surface area contributed by atoms with Crippen molar-refractivity contribution in [2.24, 2.45) is 0 Å². The van der Waals surface area contributed by atoms with Gasteiger partial charge in [0.2, 0.25) is 0 Å². The van der Waals surface area contributed by atoms with E-state index in [0.717, 1.165) is 70.0 Å². The lowest BCUT2D eigenvalue weighted by Crippen LogP contribution is -2.37. The number of hydrogen-bond acceptors (Lipinski definition) is 9. The highest BCUT2D eigenvalue weighted by molar-refractivity contribution is 7.47. The van der Waals surface area contributed by atoms with Gasteiger partial charge in [0, 0.05) is 25.7 Å². The van der Waals surface area contributed by atoms with Crippen LogP contribution in [0.2, 0.25) is 0 Å². The molecule has 0 saturated carbocycles. The maximum atomic E-state index is 12.7. The number of furan rings is 1. The summed E-state index contributed by atoms with van der Waals surface area (Å²) in [6.07, 6.45) is 41.0. The molecule has 0 radical (unpaired) electrons. The zero-order chi connectivity index (χ0) is 47.3. The van der Waals surface area contributed by atoms with Crippen molar-refractivity contribution in [3.05, 3.63) is 95.6 Å². The van der Waals surface area contributed by atoms with E-state index in [1.807, 2.05) is 69.8 Å². The molecule has 1 rings (SSSR count). The molecule has 0 fully saturated rings. The van der Waals surface area contributed by atoms with E-state index in [-0.39, 0.29) is 26.1 Å². The Hall–Kier alpha value is -3.31. The second-order valence-corrected chi connectivity index (χ2v) is 19.0. The molecule has 1 aromatic heterocycles. The topological polar surface area (TPSA) is 142 Å². The zero-order valence-electron chi connectivity index (χ0n) is 40.8. The third-order valence-electron chi connectivity index (χ3n) is 10.5. The number of hydrogen-bond donors (Lipinski definition) is 2. The van der Waals surface area contributed by atoms with E-state index in [0.29, 0.717) is 36.7 Å². The number of aliphatic hydroxyl groups excluding tert-OH is 1. The van der Waals surface area contributed by atoms with Crippen LogP contribution >= 0.6 is 7.82 Å². The van der Waals surface area contributed by atoms with Gasteiger partial charge >= 0.3 is 19.8 Å². The summed E-state index contributed by atoms with van der Waals surface area (Å²) in [6.45, 7) is 8.43. The largest absolute Gasteiger partial charge is 0.472 e. The number of unbranched alkanes of at least 4 members (excludes halogenated alkanes) is 9. The van der Waals surface area contributed by atoms with Crippen LogP contribution in [0.5, 0.6) is 0 Å². The predicted molar refractivity (Wildman–Crippen MR) is 261 cm³/mol. The minimum absolute atomic E-state index is 0.00131. The molecule has 3 atom stereocenters. The van der Waals surface area contributed by atoms with Crippen molar-refractivity contribution >= 4 is 19.8 Å².